The van der Waals surface area contributed by atoms with Crippen LogP contribution in [0.4, 0.5) is 23.7 Å². The van der Waals surface area contributed by atoms with Gasteiger partial charge in [0.05, 0.1) is 5.69 Å². The summed E-state index contributed by atoms with van der Waals surface area (Å²) >= 11 is 1.59. The third-order valence-electron chi connectivity index (χ3n) is 7.32. The minimum atomic E-state index is -4.75. The first-order valence-corrected chi connectivity index (χ1v) is 15.3. The van der Waals surface area contributed by atoms with Crippen LogP contribution in [0.25, 0.3) is 22.6 Å². The number of carbonyl (C=O) groups is 1. The van der Waals surface area contributed by atoms with Crippen LogP contribution in [0.3, 0.4) is 0 Å². The van der Waals surface area contributed by atoms with Crippen molar-refractivity contribution in [2.24, 2.45) is 4.99 Å². The number of alkyl halides is 3. The molecule has 3 aromatic carbocycles. The normalized spacial score (nSPS) is 16.6. The maximum absolute atomic E-state index is 12.9. The number of urea groups is 1. The molecule has 1 unspecified atom stereocenters. The molecule has 8 nitrogen and oxygen atoms in total. The zero-order chi connectivity index (χ0) is 32.3. The van der Waals surface area contributed by atoms with Gasteiger partial charge in [0.2, 0.25) is 0 Å². The number of allylic oxidation sites excluding steroid dienone is 1. The van der Waals surface area contributed by atoms with Gasteiger partial charge in [-0.3, -0.25) is 0 Å². The number of amides is 2. The largest absolute Gasteiger partial charge is 0.573 e. The van der Waals surface area contributed by atoms with Crippen LogP contribution in [-0.2, 0) is 0 Å². The Morgan fingerprint density at radius 1 is 1.07 bits per heavy atom. The molecule has 1 fully saturated rings. The fraction of sp³-hybridized carbons (Fsp3) is 0.273. The predicted molar refractivity (Wildman–Crippen MR) is 173 cm³/mol. The van der Waals surface area contributed by atoms with Gasteiger partial charge in [0.15, 0.2) is 11.0 Å². The van der Waals surface area contributed by atoms with Crippen LogP contribution < -0.4 is 15.0 Å². The Labute approximate surface area is 264 Å². The molecule has 2 amide bonds. The molecule has 234 valence electrons. The monoisotopic (exact) mass is 634 g/mol. The van der Waals surface area contributed by atoms with Crippen molar-refractivity contribution in [2.75, 3.05) is 10.7 Å². The molecule has 0 aliphatic carbocycles. The first-order valence-electron chi connectivity index (χ1n) is 14.3. The molecule has 1 saturated heterocycles. The van der Waals surface area contributed by atoms with Gasteiger partial charge in [0, 0.05) is 29.2 Å². The number of anilines is 1. The molecule has 12 heteroatoms. The number of aromatic nitrogens is 3. The lowest BCUT2D eigenvalue weighted by Gasteiger charge is -2.37. The summed E-state index contributed by atoms with van der Waals surface area (Å²) in [5, 5.41) is 7.94. The lowest BCUT2D eigenvalue weighted by Crippen LogP contribution is -2.42. The van der Waals surface area contributed by atoms with E-state index in [0.717, 1.165) is 45.7 Å². The van der Waals surface area contributed by atoms with Crippen molar-refractivity contribution in [3.63, 3.8) is 0 Å². The number of rotatable bonds is 6. The molecular weight excluding hydrogens is 601 g/mol. The van der Waals surface area contributed by atoms with Crippen LogP contribution in [0.1, 0.15) is 42.5 Å². The average molecular weight is 635 g/mol. The molecule has 4 aromatic rings. The number of aliphatic imine (C=N–C) groups is 1. The van der Waals surface area contributed by atoms with Crippen molar-refractivity contribution < 1.29 is 22.7 Å². The van der Waals surface area contributed by atoms with Crippen LogP contribution in [0, 0.1) is 20.8 Å². The maximum Gasteiger partial charge on any atom is 0.573 e. The highest BCUT2D eigenvalue weighted by Gasteiger charge is 2.31. The Hall–Kier alpha value is -4.58. The van der Waals surface area contributed by atoms with Crippen molar-refractivity contribution in [3.05, 3.63) is 95.4 Å². The van der Waals surface area contributed by atoms with E-state index in [1.54, 1.807) is 18.0 Å². The number of nitrogens with one attached hydrogen (secondary N) is 1. The summed E-state index contributed by atoms with van der Waals surface area (Å²) in [6, 6.07) is 17.0. The van der Waals surface area contributed by atoms with Crippen molar-refractivity contribution >= 4 is 34.2 Å². The van der Waals surface area contributed by atoms with Gasteiger partial charge in [-0.1, -0.05) is 53.7 Å². The van der Waals surface area contributed by atoms with Crippen LogP contribution in [-0.4, -0.2) is 44.1 Å². The standard InChI is InChI=1S/C33H33F3N6O2S/c1-20-16-21(2)29(22(3)17-20)42-24(5)14-15-45-32(42)39-31(43)37-18-23(4)25-6-8-26(9-7-25)30-38-19-41(40-30)27-10-12-28(13-11-27)44-33(34,35)36/h6-13,16-19,24H,14-15H2,1-5H3,(H,37,43)/b23-18+,39-32?. The highest BCUT2D eigenvalue weighted by atomic mass is 32.2. The number of ether oxygens (including phenoxy) is 1. The second-order valence-corrected chi connectivity index (χ2v) is 12.0. The Balaban J connectivity index is 1.25. The second-order valence-electron chi connectivity index (χ2n) is 10.9. The Kier molecular flexibility index (Phi) is 9.33. The number of benzene rings is 3. The number of halogens is 3. The number of amidine groups is 1. The lowest BCUT2D eigenvalue weighted by molar-refractivity contribution is -0.274. The van der Waals surface area contributed by atoms with Gasteiger partial charge < -0.3 is 15.0 Å². The predicted octanol–water partition coefficient (Wildman–Crippen LogP) is 8.22. The molecule has 45 heavy (non-hydrogen) atoms. The number of thioether (sulfide) groups is 1. The fourth-order valence-electron chi connectivity index (χ4n) is 5.24. The quantitative estimate of drug-likeness (QED) is 0.230. The Morgan fingerprint density at radius 3 is 2.38 bits per heavy atom. The maximum atomic E-state index is 12.9. The lowest BCUT2D eigenvalue weighted by atomic mass is 10.0. The van der Waals surface area contributed by atoms with Crippen LogP contribution >= 0.6 is 11.8 Å². The summed E-state index contributed by atoms with van der Waals surface area (Å²) in [6.07, 6.45) is -0.628. The van der Waals surface area contributed by atoms with E-state index in [0.29, 0.717) is 16.7 Å². The molecule has 1 N–H and O–H groups in total. The molecule has 0 saturated carbocycles. The Morgan fingerprint density at radius 2 is 1.73 bits per heavy atom. The first kappa shape index (κ1) is 31.8. The fourth-order valence-corrected chi connectivity index (χ4v) is 6.44. The van der Waals surface area contributed by atoms with Crippen molar-refractivity contribution in [1.29, 1.82) is 0 Å². The van der Waals surface area contributed by atoms with E-state index in [1.807, 2.05) is 31.2 Å². The second kappa shape index (κ2) is 13.2. The highest BCUT2D eigenvalue weighted by Crippen LogP contribution is 2.34. The summed E-state index contributed by atoms with van der Waals surface area (Å²) in [5.41, 5.74) is 7.63. The molecule has 0 bridgehead atoms. The van der Waals surface area contributed by atoms with Crippen LogP contribution in [0.2, 0.25) is 0 Å². The first-order chi connectivity index (χ1) is 21.4. The summed E-state index contributed by atoms with van der Waals surface area (Å²) in [7, 11) is 0. The highest BCUT2D eigenvalue weighted by molar-refractivity contribution is 8.14. The van der Waals surface area contributed by atoms with E-state index in [-0.39, 0.29) is 11.8 Å². The van der Waals surface area contributed by atoms with Crippen molar-refractivity contribution in [2.45, 2.75) is 53.4 Å². The number of carbonyl (C=O) groups excluding carboxylic acids is 1. The number of hydrogen-bond acceptors (Lipinski definition) is 5. The zero-order valence-corrected chi connectivity index (χ0v) is 26.3. The van der Waals surface area contributed by atoms with E-state index in [1.165, 1.54) is 40.8 Å². The van der Waals surface area contributed by atoms with E-state index in [2.05, 4.69) is 69.9 Å². The van der Waals surface area contributed by atoms with Crippen LogP contribution in [0.5, 0.6) is 5.75 Å². The smallest absolute Gasteiger partial charge is 0.406 e. The molecule has 1 aliphatic heterocycles. The molecule has 2 heterocycles. The van der Waals surface area contributed by atoms with Crippen molar-refractivity contribution in [1.82, 2.24) is 20.1 Å². The summed E-state index contributed by atoms with van der Waals surface area (Å²) in [6.45, 7) is 10.3. The van der Waals surface area contributed by atoms with Gasteiger partial charge in [-0.15, -0.1) is 18.3 Å². The molecule has 1 atom stereocenters. The Bertz CT molecular complexity index is 1720. The number of aryl methyl sites for hydroxylation is 3. The summed E-state index contributed by atoms with van der Waals surface area (Å²) in [5.74, 6) is 1.03. The van der Waals surface area contributed by atoms with Gasteiger partial charge >= 0.3 is 12.4 Å². The number of nitrogens with zero attached hydrogens (tertiary/aromatic N) is 5. The van der Waals surface area contributed by atoms with Gasteiger partial charge in [-0.25, -0.2) is 14.5 Å². The summed E-state index contributed by atoms with van der Waals surface area (Å²) < 4.78 is 42.7. The van der Waals surface area contributed by atoms with Gasteiger partial charge in [0.25, 0.3) is 0 Å². The topological polar surface area (TPSA) is 84.6 Å². The molecule has 1 aliphatic rings. The van der Waals surface area contributed by atoms with E-state index >= 15 is 0 Å². The molecule has 0 radical (unpaired) electrons. The molecule has 0 spiro atoms. The van der Waals surface area contributed by atoms with E-state index in [9.17, 15) is 18.0 Å². The van der Waals surface area contributed by atoms with Crippen LogP contribution in [0.15, 0.2) is 78.2 Å². The van der Waals surface area contributed by atoms with E-state index < -0.39 is 12.4 Å². The molecule has 1 aromatic heterocycles. The summed E-state index contributed by atoms with van der Waals surface area (Å²) in [4.78, 5) is 23.9. The van der Waals surface area contributed by atoms with Gasteiger partial charge in [-0.05, 0) is 87.6 Å². The minimum Gasteiger partial charge on any atom is -0.406 e. The third kappa shape index (κ3) is 7.75. The van der Waals surface area contributed by atoms with E-state index in [4.69, 9.17) is 0 Å². The van der Waals surface area contributed by atoms with Gasteiger partial charge in [0.1, 0.15) is 12.1 Å². The molecule has 5 rings (SSSR count). The zero-order valence-electron chi connectivity index (χ0n) is 25.5. The SMILES string of the molecule is C/C(=C\NC(=O)N=C1SCCC(C)N1c1c(C)cc(C)cc1C)c1ccc(-c2ncn(-c3ccc(OC(F)(F)F)cc3)n2)cc1. The average Bonchev–Trinajstić information content (AvgIpc) is 3.47. The van der Waals surface area contributed by atoms with Gasteiger partial charge in [-0.2, -0.15) is 4.99 Å². The number of hydrogen-bond donors (Lipinski definition) is 1. The third-order valence-corrected chi connectivity index (χ3v) is 8.31. The minimum absolute atomic E-state index is 0.216. The molecular formula is C33H33F3N6O2S. The van der Waals surface area contributed by atoms with Crippen molar-refractivity contribution in [3.8, 4) is 22.8 Å².